The molecule has 0 fully saturated rings. The molecule has 150 valence electrons. The Kier molecular flexibility index (Phi) is 7.58. The number of ether oxygens (including phenoxy) is 1. The van der Waals surface area contributed by atoms with Gasteiger partial charge in [0.2, 0.25) is 0 Å². The molecule has 29 heavy (non-hydrogen) atoms. The maximum Gasteiger partial charge on any atom is 0.262 e. The molecule has 4 nitrogen and oxygen atoms in total. The van der Waals surface area contributed by atoms with Crippen LogP contribution in [0.4, 0.5) is 11.4 Å². The molecule has 0 spiro atoms. The number of hydrogen-bond donors (Lipinski definition) is 2. The number of hydrogen-bond acceptors (Lipinski definition) is 3. The van der Waals surface area contributed by atoms with Gasteiger partial charge in [0, 0.05) is 33.0 Å². The summed E-state index contributed by atoms with van der Waals surface area (Å²) in [5, 5.41) is 6.87. The second-order valence-corrected chi connectivity index (χ2v) is 8.65. The molecule has 0 bridgehead atoms. The fourth-order valence-electron chi connectivity index (χ4n) is 2.73. The molecule has 0 unspecified atom stereocenters. The zero-order valence-corrected chi connectivity index (χ0v) is 19.6. The second-order valence-electron chi connectivity index (χ2n) is 6.44. The summed E-state index contributed by atoms with van der Waals surface area (Å²) in [6.07, 6.45) is 0. The van der Waals surface area contributed by atoms with Gasteiger partial charge in [0.25, 0.3) is 5.91 Å². The molecule has 0 radical (unpaired) electrons. The molecule has 1 amide bonds. The fourth-order valence-corrected chi connectivity index (χ4v) is 4.28. The Labute approximate surface area is 191 Å². The van der Waals surface area contributed by atoms with Crippen molar-refractivity contribution >= 4 is 60.7 Å². The lowest BCUT2D eigenvalue weighted by molar-refractivity contribution is -0.118. The van der Waals surface area contributed by atoms with Crippen molar-refractivity contribution in [2.75, 3.05) is 17.2 Å². The lowest BCUT2D eigenvalue weighted by Gasteiger charge is -2.15. The van der Waals surface area contributed by atoms with Gasteiger partial charge in [-0.15, -0.1) is 0 Å². The first-order valence-electron chi connectivity index (χ1n) is 8.87. The van der Waals surface area contributed by atoms with Crippen molar-refractivity contribution in [1.29, 1.82) is 0 Å². The minimum Gasteiger partial charge on any atom is -0.482 e. The zero-order chi connectivity index (χ0) is 20.8. The average molecular weight is 539 g/mol. The Morgan fingerprint density at radius 2 is 1.79 bits per heavy atom. The predicted molar refractivity (Wildman–Crippen MR) is 126 cm³/mol. The van der Waals surface area contributed by atoms with Gasteiger partial charge in [0.05, 0.1) is 4.47 Å². The predicted octanol–water partition coefficient (Wildman–Crippen LogP) is 6.80. The van der Waals surface area contributed by atoms with Crippen LogP contribution in [0.2, 0.25) is 5.02 Å². The SMILES string of the molecule is Cc1cccc(NC(=O)COc2c(Br)cc(Br)cc2CNc2ccc(Cl)cc2)c1. The highest BCUT2D eigenvalue weighted by Gasteiger charge is 2.13. The van der Waals surface area contributed by atoms with Crippen molar-refractivity contribution in [3.63, 3.8) is 0 Å². The van der Waals surface area contributed by atoms with E-state index in [0.717, 1.165) is 31.4 Å². The van der Waals surface area contributed by atoms with Crippen molar-refractivity contribution < 1.29 is 9.53 Å². The fraction of sp³-hybridized carbons (Fsp3) is 0.136. The Balaban J connectivity index is 1.67. The summed E-state index contributed by atoms with van der Waals surface area (Å²) in [6, 6.07) is 19.0. The lowest BCUT2D eigenvalue weighted by atomic mass is 10.2. The van der Waals surface area contributed by atoms with E-state index in [1.54, 1.807) is 0 Å². The van der Waals surface area contributed by atoms with Crippen molar-refractivity contribution in [1.82, 2.24) is 0 Å². The van der Waals surface area contributed by atoms with E-state index in [2.05, 4.69) is 42.5 Å². The minimum atomic E-state index is -0.220. The summed E-state index contributed by atoms with van der Waals surface area (Å²) in [7, 11) is 0. The summed E-state index contributed by atoms with van der Waals surface area (Å²) < 4.78 is 7.53. The highest BCUT2D eigenvalue weighted by atomic mass is 79.9. The van der Waals surface area contributed by atoms with Gasteiger partial charge in [0.1, 0.15) is 5.75 Å². The van der Waals surface area contributed by atoms with Gasteiger partial charge in [-0.2, -0.15) is 0 Å². The molecule has 0 aliphatic heterocycles. The Hall–Kier alpha value is -2.02. The molecule has 0 atom stereocenters. The van der Waals surface area contributed by atoms with E-state index in [9.17, 15) is 4.79 Å². The molecule has 0 heterocycles. The molecule has 0 saturated carbocycles. The van der Waals surface area contributed by atoms with Crippen molar-refractivity contribution in [3.05, 3.63) is 85.8 Å². The van der Waals surface area contributed by atoms with Crippen LogP contribution in [0.5, 0.6) is 5.75 Å². The molecule has 3 rings (SSSR count). The smallest absolute Gasteiger partial charge is 0.262 e. The molecule has 0 saturated heterocycles. The molecular formula is C22H19Br2ClN2O2. The summed E-state index contributed by atoms with van der Waals surface area (Å²) in [5.74, 6) is 0.399. The minimum absolute atomic E-state index is 0.0951. The van der Waals surface area contributed by atoms with Crippen LogP contribution in [0.25, 0.3) is 0 Å². The molecule has 3 aromatic carbocycles. The third-order valence-corrected chi connectivity index (χ3v) is 5.36. The number of anilines is 2. The Morgan fingerprint density at radius 3 is 2.52 bits per heavy atom. The van der Waals surface area contributed by atoms with Gasteiger partial charge in [-0.1, -0.05) is 39.7 Å². The van der Waals surface area contributed by atoms with Crippen LogP contribution < -0.4 is 15.4 Å². The molecular weight excluding hydrogens is 520 g/mol. The van der Waals surface area contributed by atoms with Gasteiger partial charge in [-0.25, -0.2) is 0 Å². The van der Waals surface area contributed by atoms with E-state index >= 15 is 0 Å². The first kappa shape index (κ1) is 21.7. The standard InChI is InChI=1S/C22H19Br2ClN2O2/c1-14-3-2-4-19(9-14)27-21(28)13-29-22-15(10-16(23)11-20(22)24)12-26-18-7-5-17(25)6-8-18/h2-11,26H,12-13H2,1H3,(H,27,28). The molecule has 0 aliphatic rings. The van der Waals surface area contributed by atoms with E-state index in [4.69, 9.17) is 16.3 Å². The zero-order valence-electron chi connectivity index (χ0n) is 15.6. The normalized spacial score (nSPS) is 10.5. The van der Waals surface area contributed by atoms with Gasteiger partial charge in [0.15, 0.2) is 6.61 Å². The van der Waals surface area contributed by atoms with Crippen LogP contribution in [-0.2, 0) is 11.3 Å². The maximum atomic E-state index is 12.3. The number of nitrogens with one attached hydrogen (secondary N) is 2. The lowest BCUT2D eigenvalue weighted by Crippen LogP contribution is -2.21. The van der Waals surface area contributed by atoms with Crippen LogP contribution in [-0.4, -0.2) is 12.5 Å². The largest absolute Gasteiger partial charge is 0.482 e. The van der Waals surface area contributed by atoms with Crippen LogP contribution in [0, 0.1) is 6.92 Å². The Morgan fingerprint density at radius 1 is 1.03 bits per heavy atom. The van der Waals surface area contributed by atoms with Crippen LogP contribution >= 0.6 is 43.5 Å². The van der Waals surface area contributed by atoms with Crippen LogP contribution in [0.3, 0.4) is 0 Å². The van der Waals surface area contributed by atoms with Crippen molar-refractivity contribution in [2.45, 2.75) is 13.5 Å². The van der Waals surface area contributed by atoms with E-state index in [-0.39, 0.29) is 12.5 Å². The molecule has 7 heteroatoms. The molecule has 3 aromatic rings. The number of rotatable bonds is 7. The first-order valence-corrected chi connectivity index (χ1v) is 10.8. The second kappa shape index (κ2) is 10.1. The molecule has 0 aromatic heterocycles. The summed E-state index contributed by atoms with van der Waals surface area (Å²) >= 11 is 13.0. The summed E-state index contributed by atoms with van der Waals surface area (Å²) in [5.41, 5.74) is 3.67. The van der Waals surface area contributed by atoms with Crippen molar-refractivity contribution in [3.8, 4) is 5.75 Å². The number of carbonyl (C=O) groups is 1. The Bertz CT molecular complexity index is 1010. The highest BCUT2D eigenvalue weighted by Crippen LogP contribution is 2.33. The van der Waals surface area contributed by atoms with E-state index in [1.165, 1.54) is 0 Å². The van der Waals surface area contributed by atoms with E-state index in [1.807, 2.05) is 67.6 Å². The van der Waals surface area contributed by atoms with Crippen LogP contribution in [0.15, 0.2) is 69.6 Å². The van der Waals surface area contributed by atoms with E-state index in [0.29, 0.717) is 17.3 Å². The first-order chi connectivity index (χ1) is 13.9. The van der Waals surface area contributed by atoms with E-state index < -0.39 is 0 Å². The van der Waals surface area contributed by atoms with Gasteiger partial charge >= 0.3 is 0 Å². The molecule has 0 aliphatic carbocycles. The highest BCUT2D eigenvalue weighted by molar-refractivity contribution is 9.11. The maximum absolute atomic E-state index is 12.3. The monoisotopic (exact) mass is 536 g/mol. The number of benzene rings is 3. The summed E-state index contributed by atoms with van der Waals surface area (Å²) in [6.45, 7) is 2.40. The quantitative estimate of drug-likeness (QED) is 0.348. The number of carbonyl (C=O) groups excluding carboxylic acids is 1. The van der Waals surface area contributed by atoms with Crippen molar-refractivity contribution in [2.24, 2.45) is 0 Å². The van der Waals surface area contributed by atoms with Gasteiger partial charge in [-0.3, -0.25) is 4.79 Å². The summed E-state index contributed by atoms with van der Waals surface area (Å²) in [4.78, 5) is 12.3. The number of halogens is 3. The van der Waals surface area contributed by atoms with Gasteiger partial charge in [-0.05, 0) is 76.9 Å². The molecule has 2 N–H and O–H groups in total. The van der Waals surface area contributed by atoms with Gasteiger partial charge < -0.3 is 15.4 Å². The number of amides is 1. The topological polar surface area (TPSA) is 50.4 Å². The third-order valence-electron chi connectivity index (χ3n) is 4.06. The van der Waals surface area contributed by atoms with Crippen LogP contribution in [0.1, 0.15) is 11.1 Å². The number of aryl methyl sites for hydroxylation is 1. The third kappa shape index (κ3) is 6.49. The average Bonchev–Trinajstić information content (AvgIpc) is 2.66.